The molecule has 2 heteroatoms. The van der Waals surface area contributed by atoms with Gasteiger partial charge in [0.15, 0.2) is 0 Å². The molecule has 0 unspecified atom stereocenters. The topological polar surface area (TPSA) is 29.1 Å². The average Bonchev–Trinajstić information content (AvgIpc) is 2.75. The van der Waals surface area contributed by atoms with Crippen molar-refractivity contribution in [3.8, 4) is 0 Å². The zero-order chi connectivity index (χ0) is 13.7. The standard InChI is InChI=1S/C17H23NO/c1-16(2,3)13-7-6-12-11-17(8-4-5-9-17)18-15(19)14(12)10-13/h6-7,10H,4-5,8-9,11H2,1-3H3,(H,18,19). The Labute approximate surface area is 115 Å². The van der Waals surface area contributed by atoms with Gasteiger partial charge in [0.25, 0.3) is 5.91 Å². The van der Waals surface area contributed by atoms with Crippen molar-refractivity contribution >= 4 is 5.91 Å². The van der Waals surface area contributed by atoms with Crippen LogP contribution in [0.1, 0.15) is 67.9 Å². The summed E-state index contributed by atoms with van der Waals surface area (Å²) in [6.07, 6.45) is 5.78. The molecule has 0 saturated heterocycles. The lowest BCUT2D eigenvalue weighted by Crippen LogP contribution is -2.51. The molecular formula is C17H23NO. The maximum Gasteiger partial charge on any atom is 0.252 e. The van der Waals surface area contributed by atoms with Crippen LogP contribution in [0.15, 0.2) is 18.2 Å². The highest BCUT2D eigenvalue weighted by Crippen LogP contribution is 2.37. The van der Waals surface area contributed by atoms with Crippen molar-refractivity contribution in [2.45, 2.75) is 63.8 Å². The van der Waals surface area contributed by atoms with Crippen LogP contribution < -0.4 is 5.32 Å². The van der Waals surface area contributed by atoms with Gasteiger partial charge in [0.1, 0.15) is 0 Å². The Kier molecular flexibility index (Phi) is 2.74. The van der Waals surface area contributed by atoms with Crippen LogP contribution in [0.3, 0.4) is 0 Å². The van der Waals surface area contributed by atoms with Gasteiger partial charge in [-0.1, -0.05) is 45.7 Å². The monoisotopic (exact) mass is 257 g/mol. The Bertz CT molecular complexity index is 519. The third-order valence-corrected chi connectivity index (χ3v) is 4.69. The van der Waals surface area contributed by atoms with Crippen molar-refractivity contribution in [3.05, 3.63) is 34.9 Å². The fourth-order valence-electron chi connectivity index (χ4n) is 3.48. The predicted octanol–water partition coefficient (Wildman–Crippen LogP) is 3.58. The fourth-order valence-corrected chi connectivity index (χ4v) is 3.48. The van der Waals surface area contributed by atoms with Crippen LogP contribution in [0.5, 0.6) is 0 Å². The first kappa shape index (κ1) is 12.7. The van der Waals surface area contributed by atoms with E-state index in [-0.39, 0.29) is 16.9 Å². The number of hydrogen-bond donors (Lipinski definition) is 1. The maximum absolute atomic E-state index is 12.4. The van der Waals surface area contributed by atoms with Crippen LogP contribution in [0.25, 0.3) is 0 Å². The Morgan fingerprint density at radius 2 is 1.84 bits per heavy atom. The van der Waals surface area contributed by atoms with Crippen molar-refractivity contribution < 1.29 is 4.79 Å². The minimum atomic E-state index is 0.0628. The lowest BCUT2D eigenvalue weighted by molar-refractivity contribution is 0.0880. The first-order valence-electron chi connectivity index (χ1n) is 7.36. The van der Waals surface area contributed by atoms with E-state index in [2.05, 4.69) is 44.3 Å². The van der Waals surface area contributed by atoms with Crippen molar-refractivity contribution in [2.24, 2.45) is 0 Å². The van der Waals surface area contributed by atoms with Gasteiger partial charge in [-0.25, -0.2) is 0 Å². The molecule has 3 rings (SSSR count). The third kappa shape index (κ3) is 2.18. The summed E-state index contributed by atoms with van der Waals surface area (Å²) in [5.41, 5.74) is 3.53. The molecule has 2 aliphatic rings. The van der Waals surface area contributed by atoms with Crippen LogP contribution in [0.2, 0.25) is 0 Å². The Hall–Kier alpha value is -1.31. The number of benzene rings is 1. The Morgan fingerprint density at radius 3 is 2.47 bits per heavy atom. The quantitative estimate of drug-likeness (QED) is 0.756. The number of nitrogens with one attached hydrogen (secondary N) is 1. The lowest BCUT2D eigenvalue weighted by atomic mass is 9.79. The second kappa shape index (κ2) is 4.09. The second-order valence-electron chi connectivity index (χ2n) is 7.24. The van der Waals surface area contributed by atoms with E-state index in [1.807, 2.05) is 0 Å². The summed E-state index contributed by atoms with van der Waals surface area (Å²) in [4.78, 5) is 12.4. The van der Waals surface area contributed by atoms with Gasteiger partial charge >= 0.3 is 0 Å². The first-order chi connectivity index (χ1) is 8.90. The van der Waals surface area contributed by atoms with Gasteiger partial charge in [0.05, 0.1) is 0 Å². The SMILES string of the molecule is CC(C)(C)c1ccc2c(c1)C(=O)NC1(CCCC1)C2. The molecule has 19 heavy (non-hydrogen) atoms. The third-order valence-electron chi connectivity index (χ3n) is 4.69. The molecule has 102 valence electrons. The molecule has 1 amide bonds. The van der Waals surface area contributed by atoms with Gasteiger partial charge < -0.3 is 5.32 Å². The van der Waals surface area contributed by atoms with Crippen molar-refractivity contribution in [1.82, 2.24) is 5.32 Å². The molecule has 1 heterocycles. The molecule has 1 aromatic carbocycles. The molecule has 1 aliphatic carbocycles. The molecule has 1 aromatic rings. The van der Waals surface area contributed by atoms with Crippen LogP contribution in [-0.2, 0) is 11.8 Å². The summed E-state index contributed by atoms with van der Waals surface area (Å²) in [5, 5.41) is 3.29. The van der Waals surface area contributed by atoms with Crippen LogP contribution in [0.4, 0.5) is 0 Å². The minimum Gasteiger partial charge on any atom is -0.346 e. The van der Waals surface area contributed by atoms with Gasteiger partial charge in [-0.05, 0) is 41.9 Å². The Morgan fingerprint density at radius 1 is 1.16 bits per heavy atom. The molecule has 0 radical (unpaired) electrons. The minimum absolute atomic E-state index is 0.0628. The summed E-state index contributed by atoms with van der Waals surface area (Å²) in [6, 6.07) is 6.46. The molecule has 1 aliphatic heterocycles. The summed E-state index contributed by atoms with van der Waals surface area (Å²) in [5.74, 6) is 0.134. The first-order valence-corrected chi connectivity index (χ1v) is 7.36. The van der Waals surface area contributed by atoms with E-state index >= 15 is 0 Å². The highest BCUT2D eigenvalue weighted by Gasteiger charge is 2.40. The lowest BCUT2D eigenvalue weighted by Gasteiger charge is -2.36. The molecule has 0 aromatic heterocycles. The maximum atomic E-state index is 12.4. The zero-order valence-electron chi connectivity index (χ0n) is 12.2. The van der Waals surface area contributed by atoms with E-state index in [1.54, 1.807) is 0 Å². The van der Waals surface area contributed by atoms with Gasteiger partial charge in [-0.15, -0.1) is 0 Å². The van der Waals surface area contributed by atoms with Crippen LogP contribution in [-0.4, -0.2) is 11.4 Å². The largest absolute Gasteiger partial charge is 0.346 e. The zero-order valence-corrected chi connectivity index (χ0v) is 12.2. The van der Waals surface area contributed by atoms with Gasteiger partial charge in [0, 0.05) is 11.1 Å². The number of rotatable bonds is 0. The number of carbonyl (C=O) groups is 1. The molecule has 1 fully saturated rings. The van der Waals surface area contributed by atoms with E-state index in [0.717, 1.165) is 24.8 Å². The number of amides is 1. The van der Waals surface area contributed by atoms with Crippen LogP contribution in [0, 0.1) is 0 Å². The van der Waals surface area contributed by atoms with Gasteiger partial charge in [0.2, 0.25) is 0 Å². The highest BCUT2D eigenvalue weighted by molar-refractivity contribution is 5.97. The second-order valence-corrected chi connectivity index (χ2v) is 7.24. The molecule has 0 bridgehead atoms. The summed E-state index contributed by atoms with van der Waals surface area (Å²) in [6.45, 7) is 6.57. The molecule has 2 nitrogen and oxygen atoms in total. The molecule has 1 spiro atoms. The van der Waals surface area contributed by atoms with Gasteiger partial charge in [-0.2, -0.15) is 0 Å². The van der Waals surface area contributed by atoms with Crippen molar-refractivity contribution in [1.29, 1.82) is 0 Å². The summed E-state index contributed by atoms with van der Waals surface area (Å²) >= 11 is 0. The van der Waals surface area contributed by atoms with Crippen molar-refractivity contribution in [2.75, 3.05) is 0 Å². The van der Waals surface area contributed by atoms with E-state index in [1.165, 1.54) is 24.0 Å². The van der Waals surface area contributed by atoms with E-state index < -0.39 is 0 Å². The van der Waals surface area contributed by atoms with E-state index in [9.17, 15) is 4.79 Å². The molecule has 0 atom stereocenters. The molecule has 1 saturated carbocycles. The summed E-state index contributed by atoms with van der Waals surface area (Å²) < 4.78 is 0. The normalized spacial score (nSPS) is 21.3. The highest BCUT2D eigenvalue weighted by atomic mass is 16.1. The van der Waals surface area contributed by atoms with Crippen LogP contribution >= 0.6 is 0 Å². The fraction of sp³-hybridized carbons (Fsp3) is 0.588. The smallest absolute Gasteiger partial charge is 0.252 e. The number of hydrogen-bond acceptors (Lipinski definition) is 1. The van der Waals surface area contributed by atoms with E-state index in [4.69, 9.17) is 0 Å². The average molecular weight is 257 g/mol. The van der Waals surface area contributed by atoms with Gasteiger partial charge in [-0.3, -0.25) is 4.79 Å². The molecule has 1 N–H and O–H groups in total. The Balaban J connectivity index is 1.99. The van der Waals surface area contributed by atoms with E-state index in [0.29, 0.717) is 0 Å². The predicted molar refractivity (Wildman–Crippen MR) is 77.5 cm³/mol. The van der Waals surface area contributed by atoms with Crippen molar-refractivity contribution in [3.63, 3.8) is 0 Å². The summed E-state index contributed by atoms with van der Waals surface area (Å²) in [7, 11) is 0. The number of carbonyl (C=O) groups excluding carboxylic acids is 1. The molecular weight excluding hydrogens is 234 g/mol. The number of fused-ring (bicyclic) bond motifs is 1.